The second kappa shape index (κ2) is 6.50. The Morgan fingerprint density at radius 3 is 2.58 bits per heavy atom. The van der Waals surface area contributed by atoms with E-state index in [0.29, 0.717) is 6.54 Å². The third-order valence-corrected chi connectivity index (χ3v) is 4.11. The van der Waals surface area contributed by atoms with Crippen molar-refractivity contribution in [2.75, 3.05) is 20.2 Å². The van der Waals surface area contributed by atoms with Gasteiger partial charge in [0.1, 0.15) is 5.60 Å². The topological polar surface area (TPSA) is 50.4 Å². The first-order chi connectivity index (χ1) is 9.16. The van der Waals surface area contributed by atoms with E-state index in [1.54, 1.807) is 7.11 Å². The van der Waals surface area contributed by atoms with Gasteiger partial charge < -0.3 is 15.4 Å². The van der Waals surface area contributed by atoms with Crippen molar-refractivity contribution in [2.45, 2.75) is 25.0 Å². The summed E-state index contributed by atoms with van der Waals surface area (Å²) >= 11 is 3.39. The molecule has 0 saturated carbocycles. The first-order valence-corrected chi connectivity index (χ1v) is 7.24. The van der Waals surface area contributed by atoms with Crippen molar-refractivity contribution in [3.63, 3.8) is 0 Å². The average molecular weight is 327 g/mol. The number of carbonyl (C=O) groups excluding carboxylic acids is 1. The minimum Gasteiger partial charge on any atom is -0.368 e. The summed E-state index contributed by atoms with van der Waals surface area (Å²) in [6.45, 7) is 2.17. The number of benzene rings is 1. The number of piperidine rings is 1. The second-order valence-corrected chi connectivity index (χ2v) is 5.67. The van der Waals surface area contributed by atoms with Crippen molar-refractivity contribution in [1.82, 2.24) is 10.6 Å². The molecule has 2 rings (SSSR count). The molecule has 2 N–H and O–H groups in total. The molecular formula is C14H19BrN2O2. The maximum absolute atomic E-state index is 12.3. The maximum Gasteiger partial charge on any atom is 0.252 e. The van der Waals surface area contributed by atoms with E-state index in [2.05, 4.69) is 26.6 Å². The van der Waals surface area contributed by atoms with Crippen molar-refractivity contribution in [1.29, 1.82) is 0 Å². The third kappa shape index (κ3) is 3.55. The van der Waals surface area contributed by atoms with Gasteiger partial charge in [-0.05, 0) is 43.6 Å². The number of hydrogen-bond acceptors (Lipinski definition) is 3. The monoisotopic (exact) mass is 326 g/mol. The van der Waals surface area contributed by atoms with Crippen LogP contribution < -0.4 is 10.6 Å². The van der Waals surface area contributed by atoms with Crippen molar-refractivity contribution in [2.24, 2.45) is 0 Å². The Bertz CT molecular complexity index is 428. The Morgan fingerprint density at radius 1 is 1.37 bits per heavy atom. The Morgan fingerprint density at radius 2 is 2.00 bits per heavy atom. The maximum atomic E-state index is 12.3. The standard InChI is InChI=1S/C14H19BrN2O2/c1-19-14(6-8-16-9-7-14)13(18)17-10-11-2-4-12(15)5-3-11/h2-5,16H,6-10H2,1H3,(H,17,18). The summed E-state index contributed by atoms with van der Waals surface area (Å²) < 4.78 is 6.52. The third-order valence-electron chi connectivity index (χ3n) is 3.58. The lowest BCUT2D eigenvalue weighted by atomic mass is 9.91. The van der Waals surface area contributed by atoms with Crippen LogP contribution in [0.2, 0.25) is 0 Å². The molecule has 104 valence electrons. The summed E-state index contributed by atoms with van der Waals surface area (Å²) in [6.07, 6.45) is 1.44. The highest BCUT2D eigenvalue weighted by molar-refractivity contribution is 9.10. The van der Waals surface area contributed by atoms with Crippen LogP contribution in [-0.4, -0.2) is 31.7 Å². The molecule has 1 aromatic rings. The number of hydrogen-bond donors (Lipinski definition) is 2. The molecule has 1 amide bonds. The van der Waals surface area contributed by atoms with Gasteiger partial charge in [0, 0.05) is 18.1 Å². The van der Waals surface area contributed by atoms with E-state index < -0.39 is 5.60 Å². The lowest BCUT2D eigenvalue weighted by molar-refractivity contribution is -0.146. The molecule has 0 radical (unpaired) electrons. The van der Waals surface area contributed by atoms with E-state index in [0.717, 1.165) is 36.0 Å². The molecule has 0 aromatic heterocycles. The van der Waals surface area contributed by atoms with Gasteiger partial charge in [-0.15, -0.1) is 0 Å². The van der Waals surface area contributed by atoms with Crippen LogP contribution in [0.5, 0.6) is 0 Å². The van der Waals surface area contributed by atoms with Gasteiger partial charge >= 0.3 is 0 Å². The highest BCUT2D eigenvalue weighted by Crippen LogP contribution is 2.22. The van der Waals surface area contributed by atoms with Gasteiger partial charge in [-0.25, -0.2) is 0 Å². The molecule has 5 heteroatoms. The van der Waals surface area contributed by atoms with Crippen molar-refractivity contribution in [3.8, 4) is 0 Å². The van der Waals surface area contributed by atoms with Gasteiger partial charge in [-0.2, -0.15) is 0 Å². The van der Waals surface area contributed by atoms with E-state index in [4.69, 9.17) is 4.74 Å². The fourth-order valence-electron chi connectivity index (χ4n) is 2.30. The average Bonchev–Trinajstić information content (AvgIpc) is 2.47. The summed E-state index contributed by atoms with van der Waals surface area (Å²) in [7, 11) is 1.62. The molecule has 1 heterocycles. The molecule has 1 aliphatic heterocycles. The number of halogens is 1. The Kier molecular flexibility index (Phi) is 4.96. The van der Waals surface area contributed by atoms with Gasteiger partial charge in [0.2, 0.25) is 0 Å². The van der Waals surface area contributed by atoms with E-state index in [-0.39, 0.29) is 5.91 Å². The lowest BCUT2D eigenvalue weighted by Gasteiger charge is -2.34. The Hall–Kier alpha value is -0.910. The molecule has 0 aliphatic carbocycles. The van der Waals surface area contributed by atoms with Crippen molar-refractivity contribution >= 4 is 21.8 Å². The van der Waals surface area contributed by atoms with E-state index >= 15 is 0 Å². The molecule has 0 spiro atoms. The molecular weight excluding hydrogens is 308 g/mol. The van der Waals surface area contributed by atoms with Gasteiger partial charge in [0.15, 0.2) is 0 Å². The second-order valence-electron chi connectivity index (χ2n) is 4.76. The molecule has 0 atom stereocenters. The number of rotatable bonds is 4. The van der Waals surface area contributed by atoms with Gasteiger partial charge in [-0.1, -0.05) is 28.1 Å². The summed E-state index contributed by atoms with van der Waals surface area (Å²) in [5.74, 6) is -0.0144. The zero-order valence-electron chi connectivity index (χ0n) is 11.0. The largest absolute Gasteiger partial charge is 0.368 e. The van der Waals surface area contributed by atoms with Gasteiger partial charge in [-0.3, -0.25) is 4.79 Å². The van der Waals surface area contributed by atoms with Gasteiger partial charge in [0.05, 0.1) is 0 Å². The van der Waals surface area contributed by atoms with E-state index in [1.165, 1.54) is 0 Å². The SMILES string of the molecule is COC1(C(=O)NCc2ccc(Br)cc2)CCNCC1. The highest BCUT2D eigenvalue weighted by Gasteiger charge is 2.39. The predicted molar refractivity (Wildman–Crippen MR) is 77.8 cm³/mol. The zero-order valence-corrected chi connectivity index (χ0v) is 12.6. The molecule has 1 aromatic carbocycles. The Balaban J connectivity index is 1.94. The van der Waals surface area contributed by atoms with Crippen LogP contribution in [0.3, 0.4) is 0 Å². The number of nitrogens with one attached hydrogen (secondary N) is 2. The van der Waals surface area contributed by atoms with Crippen LogP contribution in [0.1, 0.15) is 18.4 Å². The molecule has 1 fully saturated rings. The Labute approximate surface area is 122 Å². The fourth-order valence-corrected chi connectivity index (χ4v) is 2.56. The molecule has 19 heavy (non-hydrogen) atoms. The highest BCUT2D eigenvalue weighted by atomic mass is 79.9. The lowest BCUT2D eigenvalue weighted by Crippen LogP contribution is -2.53. The first kappa shape index (κ1) is 14.5. The quantitative estimate of drug-likeness (QED) is 0.887. The van der Waals surface area contributed by atoms with E-state index in [1.807, 2.05) is 24.3 Å². The van der Waals surface area contributed by atoms with Gasteiger partial charge in [0.25, 0.3) is 5.91 Å². The smallest absolute Gasteiger partial charge is 0.252 e. The van der Waals surface area contributed by atoms with E-state index in [9.17, 15) is 4.79 Å². The summed E-state index contributed by atoms with van der Waals surface area (Å²) in [5, 5.41) is 6.22. The van der Waals surface area contributed by atoms with Crippen LogP contribution in [0, 0.1) is 0 Å². The normalized spacial score (nSPS) is 18.0. The summed E-state index contributed by atoms with van der Waals surface area (Å²) in [6, 6.07) is 7.93. The molecule has 0 unspecified atom stereocenters. The zero-order chi connectivity index (χ0) is 13.7. The predicted octanol–water partition coefficient (Wildman–Crippen LogP) is 1.83. The van der Waals surface area contributed by atoms with Crippen molar-refractivity contribution < 1.29 is 9.53 Å². The van der Waals surface area contributed by atoms with Crippen LogP contribution in [0.4, 0.5) is 0 Å². The first-order valence-electron chi connectivity index (χ1n) is 6.45. The van der Waals surface area contributed by atoms with Crippen LogP contribution >= 0.6 is 15.9 Å². The molecule has 1 saturated heterocycles. The molecule has 4 nitrogen and oxygen atoms in total. The number of methoxy groups -OCH3 is 1. The van der Waals surface area contributed by atoms with Crippen LogP contribution in [-0.2, 0) is 16.1 Å². The minimum absolute atomic E-state index is 0.0144. The fraction of sp³-hybridized carbons (Fsp3) is 0.500. The number of amides is 1. The number of carbonyl (C=O) groups is 1. The van der Waals surface area contributed by atoms with Crippen LogP contribution in [0.15, 0.2) is 28.7 Å². The van der Waals surface area contributed by atoms with Crippen LogP contribution in [0.25, 0.3) is 0 Å². The molecule has 0 bridgehead atoms. The number of ether oxygens (including phenoxy) is 1. The molecule has 1 aliphatic rings. The summed E-state index contributed by atoms with van der Waals surface area (Å²) in [4.78, 5) is 12.3. The van der Waals surface area contributed by atoms with Crippen molar-refractivity contribution in [3.05, 3.63) is 34.3 Å². The summed E-state index contributed by atoms with van der Waals surface area (Å²) in [5.41, 5.74) is 0.414. The minimum atomic E-state index is -0.666.